The maximum absolute atomic E-state index is 12.2. The highest BCUT2D eigenvalue weighted by Gasteiger charge is 2.38. The number of hydrogen-bond acceptors (Lipinski definition) is 5. The van der Waals surface area contributed by atoms with Crippen molar-refractivity contribution in [1.29, 1.82) is 0 Å². The molecular formula is C9H11NO5S2. The number of thiophene rings is 1. The number of carbonyl (C=O) groups is 1. The molecule has 2 heterocycles. The van der Waals surface area contributed by atoms with Crippen LogP contribution in [-0.2, 0) is 19.6 Å². The molecule has 1 unspecified atom stereocenters. The highest BCUT2D eigenvalue weighted by Crippen LogP contribution is 2.24. The normalized spacial score (nSPS) is 22.5. The van der Waals surface area contributed by atoms with Gasteiger partial charge in [0.25, 0.3) is 10.0 Å². The second-order valence-corrected chi connectivity index (χ2v) is 6.54. The molecule has 1 N–H and O–H groups in total. The summed E-state index contributed by atoms with van der Waals surface area (Å²) < 4.78 is 30.5. The van der Waals surface area contributed by atoms with Crippen LogP contribution in [0.15, 0.2) is 21.7 Å². The molecule has 0 aromatic carbocycles. The van der Waals surface area contributed by atoms with Crippen molar-refractivity contribution in [1.82, 2.24) is 4.31 Å². The Kier molecular flexibility index (Phi) is 3.48. The first-order valence-corrected chi connectivity index (χ1v) is 7.21. The molecule has 1 aliphatic heterocycles. The average molecular weight is 277 g/mol. The Labute approximate surface area is 102 Å². The largest absolute Gasteiger partial charge is 0.480 e. The number of morpholine rings is 1. The SMILES string of the molecule is O=C(O)C1COCCN1S(=O)(=O)c1cccs1. The Bertz CT molecular complexity index is 495. The van der Waals surface area contributed by atoms with Crippen molar-refractivity contribution in [2.75, 3.05) is 19.8 Å². The number of hydrogen-bond donors (Lipinski definition) is 1. The molecule has 6 nitrogen and oxygen atoms in total. The van der Waals surface area contributed by atoms with Gasteiger partial charge >= 0.3 is 5.97 Å². The van der Waals surface area contributed by atoms with E-state index in [1.54, 1.807) is 11.4 Å². The number of rotatable bonds is 3. The molecule has 0 bridgehead atoms. The molecule has 1 aromatic rings. The third-order valence-electron chi connectivity index (χ3n) is 2.42. The van der Waals surface area contributed by atoms with Gasteiger partial charge in [-0.05, 0) is 11.4 Å². The Morgan fingerprint density at radius 2 is 2.35 bits per heavy atom. The summed E-state index contributed by atoms with van der Waals surface area (Å²) in [6.07, 6.45) is 0. The Balaban J connectivity index is 2.34. The lowest BCUT2D eigenvalue weighted by Crippen LogP contribution is -2.52. The van der Waals surface area contributed by atoms with E-state index in [0.29, 0.717) is 0 Å². The predicted octanol–water partition coefficient (Wildman–Crippen LogP) is 0.222. The molecule has 0 spiro atoms. The van der Waals surface area contributed by atoms with Gasteiger partial charge in [0.1, 0.15) is 10.3 Å². The summed E-state index contributed by atoms with van der Waals surface area (Å²) in [6.45, 7) is 0.172. The minimum Gasteiger partial charge on any atom is -0.480 e. The Morgan fingerprint density at radius 1 is 1.59 bits per heavy atom. The summed E-state index contributed by atoms with van der Waals surface area (Å²) in [5, 5.41) is 10.6. The number of carboxylic acid groups (broad SMARTS) is 1. The van der Waals surface area contributed by atoms with Crippen molar-refractivity contribution >= 4 is 27.3 Å². The zero-order valence-corrected chi connectivity index (χ0v) is 10.4. The van der Waals surface area contributed by atoms with Crippen LogP contribution in [0.3, 0.4) is 0 Å². The number of nitrogens with zero attached hydrogens (tertiary/aromatic N) is 1. The molecule has 1 atom stereocenters. The lowest BCUT2D eigenvalue weighted by molar-refractivity contribution is -0.146. The van der Waals surface area contributed by atoms with Crippen molar-refractivity contribution < 1.29 is 23.1 Å². The second kappa shape index (κ2) is 4.73. The molecule has 1 aliphatic rings. The van der Waals surface area contributed by atoms with E-state index in [4.69, 9.17) is 9.84 Å². The summed E-state index contributed by atoms with van der Waals surface area (Å²) in [6, 6.07) is 1.94. The van der Waals surface area contributed by atoms with E-state index < -0.39 is 22.0 Å². The molecule has 1 fully saturated rings. The number of carboxylic acids is 1. The van der Waals surface area contributed by atoms with Crippen LogP contribution in [0.5, 0.6) is 0 Å². The molecule has 0 radical (unpaired) electrons. The highest BCUT2D eigenvalue weighted by atomic mass is 32.2. The third kappa shape index (κ3) is 2.34. The summed E-state index contributed by atoms with van der Waals surface area (Å²) in [5.41, 5.74) is 0. The molecule has 1 saturated heterocycles. The van der Waals surface area contributed by atoms with E-state index in [0.717, 1.165) is 15.6 Å². The van der Waals surface area contributed by atoms with Crippen LogP contribution in [0.4, 0.5) is 0 Å². The second-order valence-electron chi connectivity index (χ2n) is 3.48. The van der Waals surface area contributed by atoms with Gasteiger partial charge in [0, 0.05) is 6.54 Å². The van der Waals surface area contributed by atoms with Crippen LogP contribution in [0.1, 0.15) is 0 Å². The van der Waals surface area contributed by atoms with Crippen molar-refractivity contribution in [3.63, 3.8) is 0 Å². The molecule has 0 saturated carbocycles. The van der Waals surface area contributed by atoms with Crippen LogP contribution in [0.2, 0.25) is 0 Å². The average Bonchev–Trinajstić information content (AvgIpc) is 2.83. The third-order valence-corrected chi connectivity index (χ3v) is 5.70. The quantitative estimate of drug-likeness (QED) is 0.854. The van der Waals surface area contributed by atoms with E-state index in [2.05, 4.69) is 0 Å². The fourth-order valence-electron chi connectivity index (χ4n) is 1.60. The van der Waals surface area contributed by atoms with E-state index in [1.165, 1.54) is 6.07 Å². The van der Waals surface area contributed by atoms with Gasteiger partial charge < -0.3 is 9.84 Å². The van der Waals surface area contributed by atoms with E-state index in [1.807, 2.05) is 0 Å². The van der Waals surface area contributed by atoms with E-state index in [-0.39, 0.29) is 24.0 Å². The van der Waals surface area contributed by atoms with Crippen molar-refractivity contribution in [2.45, 2.75) is 10.3 Å². The number of sulfonamides is 1. The van der Waals surface area contributed by atoms with Crippen LogP contribution in [-0.4, -0.2) is 49.6 Å². The van der Waals surface area contributed by atoms with Gasteiger partial charge in [-0.25, -0.2) is 8.42 Å². The molecule has 94 valence electrons. The van der Waals surface area contributed by atoms with Crippen molar-refractivity contribution in [3.8, 4) is 0 Å². The first-order valence-electron chi connectivity index (χ1n) is 4.89. The molecule has 17 heavy (non-hydrogen) atoms. The van der Waals surface area contributed by atoms with Crippen LogP contribution < -0.4 is 0 Å². The summed E-state index contributed by atoms with van der Waals surface area (Å²) in [4.78, 5) is 11.0. The van der Waals surface area contributed by atoms with E-state index >= 15 is 0 Å². The monoisotopic (exact) mass is 277 g/mol. The lowest BCUT2D eigenvalue weighted by atomic mass is 10.3. The first-order chi connectivity index (χ1) is 8.03. The van der Waals surface area contributed by atoms with Gasteiger partial charge in [0.05, 0.1) is 13.2 Å². The Morgan fingerprint density at radius 3 is 2.94 bits per heavy atom. The highest BCUT2D eigenvalue weighted by molar-refractivity contribution is 7.91. The van der Waals surface area contributed by atoms with Gasteiger partial charge in [-0.2, -0.15) is 4.31 Å². The maximum atomic E-state index is 12.2. The van der Waals surface area contributed by atoms with E-state index in [9.17, 15) is 13.2 Å². The topological polar surface area (TPSA) is 83.9 Å². The standard InChI is InChI=1S/C9H11NO5S2/c11-9(12)7-6-15-4-3-10(7)17(13,14)8-2-1-5-16-8/h1-2,5,7H,3-4,6H2,(H,11,12). The van der Waals surface area contributed by atoms with Gasteiger partial charge in [-0.15, -0.1) is 11.3 Å². The zero-order valence-electron chi connectivity index (χ0n) is 8.77. The molecule has 0 aliphatic carbocycles. The smallest absolute Gasteiger partial charge is 0.324 e. The first kappa shape index (κ1) is 12.5. The fourth-order valence-corrected chi connectivity index (χ4v) is 4.27. The van der Waals surface area contributed by atoms with Crippen molar-refractivity contribution in [2.24, 2.45) is 0 Å². The lowest BCUT2D eigenvalue weighted by Gasteiger charge is -2.31. The molecule has 0 amide bonds. The van der Waals surface area contributed by atoms with Gasteiger partial charge in [-0.3, -0.25) is 4.79 Å². The molecular weight excluding hydrogens is 266 g/mol. The van der Waals surface area contributed by atoms with Gasteiger partial charge in [0.15, 0.2) is 0 Å². The molecule has 8 heteroatoms. The summed E-state index contributed by atoms with van der Waals surface area (Å²) >= 11 is 1.07. The summed E-state index contributed by atoms with van der Waals surface area (Å²) in [5.74, 6) is -1.19. The zero-order chi connectivity index (χ0) is 12.5. The minimum atomic E-state index is -3.72. The fraction of sp³-hybridized carbons (Fsp3) is 0.444. The number of ether oxygens (including phenoxy) is 1. The predicted molar refractivity (Wildman–Crippen MR) is 60.5 cm³/mol. The molecule has 2 rings (SSSR count). The van der Waals surface area contributed by atoms with Gasteiger partial charge in [-0.1, -0.05) is 6.07 Å². The molecule has 1 aromatic heterocycles. The summed E-state index contributed by atoms with van der Waals surface area (Å²) in [7, 11) is -3.72. The number of aliphatic carboxylic acids is 1. The van der Waals surface area contributed by atoms with Crippen LogP contribution >= 0.6 is 11.3 Å². The van der Waals surface area contributed by atoms with Crippen LogP contribution in [0.25, 0.3) is 0 Å². The van der Waals surface area contributed by atoms with Gasteiger partial charge in [0.2, 0.25) is 0 Å². The van der Waals surface area contributed by atoms with Crippen molar-refractivity contribution in [3.05, 3.63) is 17.5 Å². The Hall–Kier alpha value is -0.960. The maximum Gasteiger partial charge on any atom is 0.324 e. The van der Waals surface area contributed by atoms with Crippen LogP contribution in [0, 0.1) is 0 Å². The minimum absolute atomic E-state index is 0.0667.